The summed E-state index contributed by atoms with van der Waals surface area (Å²) < 4.78 is 17.1. The molecule has 0 aliphatic carbocycles. The monoisotopic (exact) mass is 385 g/mol. The molecule has 0 bridgehead atoms. The summed E-state index contributed by atoms with van der Waals surface area (Å²) in [5.41, 5.74) is 4.58. The average Bonchev–Trinajstić information content (AvgIpc) is 3.38. The fourth-order valence-electron chi connectivity index (χ4n) is 3.23. The minimum Gasteiger partial charge on any atom is -0.372 e. The summed E-state index contributed by atoms with van der Waals surface area (Å²) in [5, 5.41) is 7.75. The Morgan fingerprint density at radius 1 is 1.03 bits per heavy atom. The second-order valence-electron chi connectivity index (χ2n) is 6.43. The van der Waals surface area contributed by atoms with Crippen molar-refractivity contribution in [3.8, 4) is 28.3 Å². The zero-order valence-corrected chi connectivity index (χ0v) is 15.5. The molecule has 5 rings (SSSR count). The largest absolute Gasteiger partial charge is 0.372 e. The van der Waals surface area contributed by atoms with E-state index in [9.17, 15) is 4.39 Å². The van der Waals surface area contributed by atoms with E-state index in [2.05, 4.69) is 20.3 Å². The normalized spacial score (nSPS) is 11.1. The van der Waals surface area contributed by atoms with Gasteiger partial charge in [0.15, 0.2) is 5.65 Å². The van der Waals surface area contributed by atoms with Gasteiger partial charge in [0.1, 0.15) is 29.4 Å². The number of hydrogen-bond donors (Lipinski definition) is 1. The van der Waals surface area contributed by atoms with Gasteiger partial charge < -0.3 is 5.32 Å². The molecule has 0 fully saturated rings. The first-order valence-corrected chi connectivity index (χ1v) is 9.01. The minimum absolute atomic E-state index is 0.292. The second kappa shape index (κ2) is 6.83. The molecule has 0 aliphatic heterocycles. The van der Waals surface area contributed by atoms with E-state index in [1.54, 1.807) is 35.4 Å². The standard InChI is InChI=1S/C21H16FN7/c1-23-18-12-29-19(26-18)9-8-17(27-29)21-20(14-4-6-15(22)7-5-14)25-13-28(21)16-3-2-10-24-11-16/h2-13,23H,1H3. The number of benzene rings is 1. The van der Waals surface area contributed by atoms with Crippen LogP contribution in [0.2, 0.25) is 0 Å². The SMILES string of the molecule is CNc1cn2nc(-c3c(-c4ccc(F)cc4)ncn3-c3cccnc3)ccc2n1. The Hall–Kier alpha value is -4.07. The van der Waals surface area contributed by atoms with Crippen molar-refractivity contribution < 1.29 is 4.39 Å². The van der Waals surface area contributed by atoms with E-state index in [1.807, 2.05) is 42.1 Å². The summed E-state index contributed by atoms with van der Waals surface area (Å²) in [6.45, 7) is 0. The Morgan fingerprint density at radius 2 is 1.90 bits per heavy atom. The van der Waals surface area contributed by atoms with Crippen LogP contribution in [0.15, 0.2) is 73.4 Å². The highest BCUT2D eigenvalue weighted by Crippen LogP contribution is 2.32. The van der Waals surface area contributed by atoms with Crippen molar-refractivity contribution in [2.75, 3.05) is 12.4 Å². The maximum Gasteiger partial charge on any atom is 0.156 e. The number of imidazole rings is 2. The van der Waals surface area contributed by atoms with Gasteiger partial charge in [-0.05, 0) is 48.5 Å². The topological polar surface area (TPSA) is 72.9 Å². The van der Waals surface area contributed by atoms with Crippen molar-refractivity contribution in [2.24, 2.45) is 0 Å². The van der Waals surface area contributed by atoms with E-state index in [1.165, 1.54) is 12.1 Å². The van der Waals surface area contributed by atoms with Gasteiger partial charge >= 0.3 is 0 Å². The van der Waals surface area contributed by atoms with Crippen molar-refractivity contribution in [1.29, 1.82) is 0 Å². The second-order valence-corrected chi connectivity index (χ2v) is 6.43. The number of aromatic nitrogens is 6. The first kappa shape index (κ1) is 17.1. The number of anilines is 1. The van der Waals surface area contributed by atoms with E-state index in [0.717, 1.165) is 28.4 Å². The Balaban J connectivity index is 1.74. The van der Waals surface area contributed by atoms with E-state index < -0.39 is 0 Å². The molecule has 4 aromatic heterocycles. The molecule has 0 saturated heterocycles. The summed E-state index contributed by atoms with van der Waals surface area (Å²) in [4.78, 5) is 13.3. The number of fused-ring (bicyclic) bond motifs is 1. The molecule has 0 spiro atoms. The van der Waals surface area contributed by atoms with Crippen LogP contribution >= 0.6 is 0 Å². The molecule has 4 heterocycles. The molecule has 0 amide bonds. The predicted molar refractivity (Wildman–Crippen MR) is 108 cm³/mol. The quantitative estimate of drug-likeness (QED) is 0.509. The van der Waals surface area contributed by atoms with Gasteiger partial charge in [-0.3, -0.25) is 9.55 Å². The van der Waals surface area contributed by atoms with Crippen LogP contribution in [0, 0.1) is 5.82 Å². The predicted octanol–water partition coefficient (Wildman–Crippen LogP) is 3.82. The minimum atomic E-state index is -0.292. The van der Waals surface area contributed by atoms with Crippen LogP contribution in [0.25, 0.3) is 34.0 Å². The van der Waals surface area contributed by atoms with Crippen LogP contribution in [0.5, 0.6) is 0 Å². The Bertz CT molecular complexity index is 1290. The summed E-state index contributed by atoms with van der Waals surface area (Å²) in [6.07, 6.45) is 7.02. The molecule has 0 radical (unpaired) electrons. The number of nitrogens with one attached hydrogen (secondary N) is 1. The third-order valence-electron chi connectivity index (χ3n) is 4.63. The molecule has 7 nitrogen and oxygen atoms in total. The number of nitrogens with zero attached hydrogens (tertiary/aromatic N) is 6. The molecule has 0 saturated carbocycles. The van der Waals surface area contributed by atoms with Gasteiger partial charge in [0, 0.05) is 18.8 Å². The maximum atomic E-state index is 13.4. The first-order valence-electron chi connectivity index (χ1n) is 9.01. The molecule has 29 heavy (non-hydrogen) atoms. The zero-order valence-electron chi connectivity index (χ0n) is 15.5. The fourth-order valence-corrected chi connectivity index (χ4v) is 3.23. The lowest BCUT2D eigenvalue weighted by Crippen LogP contribution is -2.01. The molecule has 5 aromatic rings. The summed E-state index contributed by atoms with van der Waals surface area (Å²) >= 11 is 0. The highest BCUT2D eigenvalue weighted by atomic mass is 19.1. The first-order chi connectivity index (χ1) is 14.2. The molecule has 1 N–H and O–H groups in total. The van der Waals surface area contributed by atoms with Gasteiger partial charge in [0.25, 0.3) is 0 Å². The molecular formula is C21H16FN7. The third kappa shape index (κ3) is 3.00. The summed E-state index contributed by atoms with van der Waals surface area (Å²) in [6, 6.07) is 13.9. The van der Waals surface area contributed by atoms with Gasteiger partial charge in [-0.15, -0.1) is 0 Å². The highest BCUT2D eigenvalue weighted by Gasteiger charge is 2.18. The number of pyridine rings is 1. The van der Waals surface area contributed by atoms with Crippen LogP contribution in [0.3, 0.4) is 0 Å². The lowest BCUT2D eigenvalue weighted by atomic mass is 10.1. The van der Waals surface area contributed by atoms with Crippen molar-refractivity contribution in [3.05, 3.63) is 79.3 Å². The lowest BCUT2D eigenvalue weighted by Gasteiger charge is -2.10. The van der Waals surface area contributed by atoms with E-state index in [0.29, 0.717) is 11.4 Å². The molecule has 0 atom stereocenters. The molecule has 0 unspecified atom stereocenters. The smallest absolute Gasteiger partial charge is 0.156 e. The van der Waals surface area contributed by atoms with Crippen molar-refractivity contribution in [1.82, 2.24) is 29.1 Å². The Kier molecular flexibility index (Phi) is 4.02. The van der Waals surface area contributed by atoms with Gasteiger partial charge in [-0.25, -0.2) is 18.9 Å². The van der Waals surface area contributed by atoms with E-state index in [-0.39, 0.29) is 5.82 Å². The van der Waals surface area contributed by atoms with Crippen LogP contribution in [-0.4, -0.2) is 36.2 Å². The molecule has 142 valence electrons. The molecule has 1 aromatic carbocycles. The summed E-state index contributed by atoms with van der Waals surface area (Å²) in [7, 11) is 1.81. The Labute approximate surface area is 165 Å². The van der Waals surface area contributed by atoms with Gasteiger partial charge in [0.05, 0.1) is 23.8 Å². The van der Waals surface area contributed by atoms with Gasteiger partial charge in [-0.2, -0.15) is 5.10 Å². The van der Waals surface area contributed by atoms with Crippen LogP contribution < -0.4 is 5.32 Å². The van der Waals surface area contributed by atoms with Crippen molar-refractivity contribution in [3.63, 3.8) is 0 Å². The highest BCUT2D eigenvalue weighted by molar-refractivity contribution is 5.78. The maximum absolute atomic E-state index is 13.4. The zero-order chi connectivity index (χ0) is 19.8. The van der Waals surface area contributed by atoms with Crippen molar-refractivity contribution in [2.45, 2.75) is 0 Å². The average molecular weight is 385 g/mol. The number of rotatable bonds is 4. The third-order valence-corrected chi connectivity index (χ3v) is 4.63. The van der Waals surface area contributed by atoms with Crippen LogP contribution in [-0.2, 0) is 0 Å². The van der Waals surface area contributed by atoms with Crippen LogP contribution in [0.1, 0.15) is 0 Å². The fraction of sp³-hybridized carbons (Fsp3) is 0.0476. The number of hydrogen-bond acceptors (Lipinski definition) is 5. The lowest BCUT2D eigenvalue weighted by molar-refractivity contribution is 0.628. The molecule has 0 aliphatic rings. The summed E-state index contributed by atoms with van der Waals surface area (Å²) in [5.74, 6) is 0.439. The molecular weight excluding hydrogens is 369 g/mol. The Morgan fingerprint density at radius 3 is 2.66 bits per heavy atom. The van der Waals surface area contributed by atoms with E-state index >= 15 is 0 Å². The van der Waals surface area contributed by atoms with Crippen molar-refractivity contribution >= 4 is 11.5 Å². The molecule has 8 heteroatoms. The van der Waals surface area contributed by atoms with Crippen LogP contribution in [0.4, 0.5) is 10.2 Å². The number of halogens is 1. The van der Waals surface area contributed by atoms with E-state index in [4.69, 9.17) is 5.10 Å². The van der Waals surface area contributed by atoms with Gasteiger partial charge in [-0.1, -0.05) is 0 Å². The van der Waals surface area contributed by atoms with Gasteiger partial charge in [0.2, 0.25) is 0 Å².